The van der Waals surface area contributed by atoms with Crippen molar-refractivity contribution in [3.05, 3.63) is 12.2 Å². The summed E-state index contributed by atoms with van der Waals surface area (Å²) in [7, 11) is 1.52. The Hall–Kier alpha value is -1.25. The van der Waals surface area contributed by atoms with E-state index in [0.29, 0.717) is 23.9 Å². The topological polar surface area (TPSA) is 111 Å². The lowest BCUT2D eigenvalue weighted by Crippen LogP contribution is -2.47. The van der Waals surface area contributed by atoms with Crippen molar-refractivity contribution < 1.29 is 37.3 Å². The van der Waals surface area contributed by atoms with E-state index in [4.69, 9.17) is 13.8 Å². The number of nitrogens with zero attached hydrogens (tertiary/aromatic N) is 1. The number of likely N-dealkylation sites (N-methyl/N-ethyl adjacent to an activating group) is 1. The fourth-order valence-electron chi connectivity index (χ4n) is 8.88. The number of phosphoric ester groups is 1. The normalized spacial score (nSPS) is 13.8. The summed E-state index contributed by atoms with van der Waals surface area (Å²) in [5, 5.41) is 3.06. The second-order valence-electron chi connectivity index (χ2n) is 21.5. The van der Waals surface area contributed by atoms with Crippen LogP contribution in [-0.2, 0) is 27.9 Å². The average molecular weight is 985 g/mol. The molecule has 68 heavy (non-hydrogen) atoms. The van der Waals surface area contributed by atoms with Gasteiger partial charge in [-0.15, -0.1) is 0 Å². The summed E-state index contributed by atoms with van der Waals surface area (Å²) in [6, 6.07) is -0.838. The van der Waals surface area contributed by atoms with Gasteiger partial charge in [-0.1, -0.05) is 264 Å². The standard InChI is InChI=1S/C58H115N2O7P/c1-7-10-13-16-19-22-25-27-29-30-31-32-35-38-41-44-47-50-57(61)59-55(54-66-68(63,64)65-53-52-60(4,5)6)56(49-46-43-40-37-34-24-21-18-15-12-9-3)67-58(62)51-48-45-42-39-36-33-28-26-23-20-17-14-11-8-2/h46,49,55-56H,7-45,47-48,50-54H2,1-6H3,(H-,59,61,63,64)/p+1/b49-46+. The molecule has 0 saturated carbocycles. The summed E-state index contributed by atoms with van der Waals surface area (Å²) < 4.78 is 30.6. The Balaban J connectivity index is 5.24. The van der Waals surface area contributed by atoms with E-state index in [9.17, 15) is 19.0 Å². The highest BCUT2D eigenvalue weighted by Gasteiger charge is 2.30. The van der Waals surface area contributed by atoms with Gasteiger partial charge in [-0.2, -0.15) is 0 Å². The highest BCUT2D eigenvalue weighted by molar-refractivity contribution is 7.47. The van der Waals surface area contributed by atoms with Crippen molar-refractivity contribution in [1.29, 1.82) is 0 Å². The van der Waals surface area contributed by atoms with Crippen molar-refractivity contribution in [2.24, 2.45) is 0 Å². The third kappa shape index (κ3) is 49.7. The zero-order valence-corrected chi connectivity index (χ0v) is 47.0. The van der Waals surface area contributed by atoms with Crippen LogP contribution in [0.3, 0.4) is 0 Å². The number of rotatable bonds is 54. The Bertz CT molecular complexity index is 1180. The van der Waals surface area contributed by atoms with E-state index in [0.717, 1.165) is 57.8 Å². The molecule has 404 valence electrons. The molecule has 0 spiro atoms. The second-order valence-corrected chi connectivity index (χ2v) is 23.0. The highest BCUT2D eigenvalue weighted by Crippen LogP contribution is 2.43. The molecule has 0 rings (SSSR count). The first kappa shape index (κ1) is 66.8. The molecule has 0 saturated heterocycles. The van der Waals surface area contributed by atoms with Crippen molar-refractivity contribution in [2.45, 2.75) is 309 Å². The van der Waals surface area contributed by atoms with Gasteiger partial charge in [0.25, 0.3) is 0 Å². The van der Waals surface area contributed by atoms with Crippen LogP contribution in [0.5, 0.6) is 0 Å². The first-order valence-corrected chi connectivity index (χ1v) is 31.0. The minimum atomic E-state index is -4.43. The first-order valence-electron chi connectivity index (χ1n) is 29.5. The summed E-state index contributed by atoms with van der Waals surface area (Å²) in [6.45, 7) is 7.05. The number of quaternary nitrogens is 1. The van der Waals surface area contributed by atoms with Gasteiger partial charge in [-0.25, -0.2) is 4.57 Å². The minimum Gasteiger partial charge on any atom is -0.456 e. The predicted molar refractivity (Wildman–Crippen MR) is 291 cm³/mol. The minimum absolute atomic E-state index is 0.0455. The Morgan fingerprint density at radius 1 is 0.500 bits per heavy atom. The van der Waals surface area contributed by atoms with Crippen LogP contribution in [0.4, 0.5) is 0 Å². The molecule has 0 aromatic carbocycles. The number of allylic oxidation sites excluding steroid dienone is 1. The molecule has 0 aromatic rings. The maximum Gasteiger partial charge on any atom is 0.472 e. The van der Waals surface area contributed by atoms with Gasteiger partial charge < -0.3 is 19.4 Å². The molecule has 9 nitrogen and oxygen atoms in total. The molecule has 10 heteroatoms. The van der Waals surface area contributed by atoms with Crippen LogP contribution in [0, 0.1) is 0 Å². The van der Waals surface area contributed by atoms with Crippen LogP contribution >= 0.6 is 7.82 Å². The molecule has 1 amide bonds. The highest BCUT2D eigenvalue weighted by atomic mass is 31.2. The first-order chi connectivity index (χ1) is 32.9. The monoisotopic (exact) mass is 984 g/mol. The Kier molecular flexibility index (Phi) is 48.4. The fraction of sp³-hybridized carbons (Fsp3) is 0.931. The van der Waals surface area contributed by atoms with E-state index < -0.39 is 20.0 Å². The zero-order valence-electron chi connectivity index (χ0n) is 46.1. The molecule has 0 aliphatic heterocycles. The van der Waals surface area contributed by atoms with Crippen molar-refractivity contribution >= 4 is 19.7 Å². The van der Waals surface area contributed by atoms with Gasteiger partial charge in [-0.05, 0) is 31.8 Å². The van der Waals surface area contributed by atoms with Crippen LogP contribution in [0.15, 0.2) is 12.2 Å². The molecule has 3 unspecified atom stereocenters. The third-order valence-corrected chi connectivity index (χ3v) is 14.5. The summed E-state index contributed by atoms with van der Waals surface area (Å²) in [4.78, 5) is 37.6. The molecular formula is C58H116N2O7P+. The van der Waals surface area contributed by atoms with Crippen molar-refractivity contribution in [1.82, 2.24) is 5.32 Å². The van der Waals surface area contributed by atoms with Crippen LogP contribution < -0.4 is 5.32 Å². The lowest BCUT2D eigenvalue weighted by atomic mass is 10.0. The van der Waals surface area contributed by atoms with E-state index in [1.807, 2.05) is 33.3 Å². The molecule has 3 atom stereocenters. The SMILES string of the molecule is CCCCCCCCCCC/C=C/C(OC(=O)CCCCCCCCCCCCCCCC)C(COP(=O)(O)OCC[N+](C)(C)C)NC(=O)CCCCCCCCCCCCCCCCCCC. The summed E-state index contributed by atoms with van der Waals surface area (Å²) in [5.41, 5.74) is 0. The van der Waals surface area contributed by atoms with E-state index in [1.54, 1.807) is 0 Å². The molecule has 0 radical (unpaired) electrons. The number of nitrogens with one attached hydrogen (secondary N) is 1. The maximum atomic E-state index is 13.5. The predicted octanol–water partition coefficient (Wildman–Crippen LogP) is 17.6. The summed E-state index contributed by atoms with van der Waals surface area (Å²) in [5.74, 6) is -0.487. The molecule has 0 aliphatic carbocycles. The average Bonchev–Trinajstić information content (AvgIpc) is 3.29. The molecule has 0 aliphatic rings. The van der Waals surface area contributed by atoms with Gasteiger partial charge in [0.05, 0.1) is 33.8 Å². The lowest BCUT2D eigenvalue weighted by Gasteiger charge is -2.27. The van der Waals surface area contributed by atoms with Gasteiger partial charge >= 0.3 is 13.8 Å². The molecule has 0 fully saturated rings. The number of hydrogen-bond donors (Lipinski definition) is 2. The Morgan fingerprint density at radius 2 is 0.838 bits per heavy atom. The van der Waals surface area contributed by atoms with E-state index in [1.165, 1.54) is 205 Å². The number of ether oxygens (including phenoxy) is 1. The number of carbonyl (C=O) groups excluding carboxylic acids is 2. The number of amides is 1. The van der Waals surface area contributed by atoms with Gasteiger partial charge in [0.2, 0.25) is 5.91 Å². The van der Waals surface area contributed by atoms with Crippen LogP contribution in [0.2, 0.25) is 0 Å². The number of phosphoric acid groups is 1. The molecule has 0 bridgehead atoms. The van der Waals surface area contributed by atoms with Crippen LogP contribution in [0.1, 0.15) is 297 Å². The fourth-order valence-corrected chi connectivity index (χ4v) is 9.62. The van der Waals surface area contributed by atoms with Crippen LogP contribution in [0.25, 0.3) is 0 Å². The van der Waals surface area contributed by atoms with Gasteiger partial charge in [0, 0.05) is 12.8 Å². The number of carbonyl (C=O) groups is 2. The molecule has 2 N–H and O–H groups in total. The zero-order chi connectivity index (χ0) is 50.1. The summed E-state index contributed by atoms with van der Waals surface area (Å²) in [6.07, 6.45) is 54.8. The molecular weight excluding hydrogens is 868 g/mol. The number of unbranched alkanes of at least 4 members (excludes halogenated alkanes) is 38. The van der Waals surface area contributed by atoms with Crippen molar-refractivity contribution in [3.8, 4) is 0 Å². The van der Waals surface area contributed by atoms with Gasteiger partial charge in [0.15, 0.2) is 0 Å². The summed E-state index contributed by atoms with van der Waals surface area (Å²) >= 11 is 0. The lowest BCUT2D eigenvalue weighted by molar-refractivity contribution is -0.870. The Morgan fingerprint density at radius 3 is 1.21 bits per heavy atom. The van der Waals surface area contributed by atoms with Gasteiger partial charge in [-0.3, -0.25) is 18.6 Å². The quantitative estimate of drug-likeness (QED) is 0.0205. The maximum absolute atomic E-state index is 13.5. The van der Waals surface area contributed by atoms with Gasteiger partial charge in [0.1, 0.15) is 19.3 Å². The second kappa shape index (κ2) is 49.3. The number of esters is 1. The number of hydrogen-bond acceptors (Lipinski definition) is 6. The third-order valence-electron chi connectivity index (χ3n) is 13.5. The Labute approximate surface area is 422 Å². The van der Waals surface area contributed by atoms with E-state index >= 15 is 0 Å². The molecule has 0 aromatic heterocycles. The van der Waals surface area contributed by atoms with Crippen molar-refractivity contribution in [2.75, 3.05) is 40.9 Å². The van der Waals surface area contributed by atoms with Crippen LogP contribution in [-0.4, -0.2) is 74.3 Å². The smallest absolute Gasteiger partial charge is 0.456 e. The van der Waals surface area contributed by atoms with E-state index in [-0.39, 0.29) is 25.1 Å². The molecule has 0 heterocycles. The van der Waals surface area contributed by atoms with E-state index in [2.05, 4.69) is 26.1 Å². The van der Waals surface area contributed by atoms with Crippen molar-refractivity contribution in [3.63, 3.8) is 0 Å². The largest absolute Gasteiger partial charge is 0.472 e.